The number of carboxylic acids is 2. The number of benzene rings is 1. The van der Waals surface area contributed by atoms with Gasteiger partial charge in [0.1, 0.15) is 17.1 Å². The maximum Gasteiger partial charge on any atom is 0.339 e. The number of aliphatic carboxylic acids is 1. The molecule has 7 heteroatoms. The third kappa shape index (κ3) is 3.63. The van der Waals surface area contributed by atoms with Crippen LogP contribution in [0.5, 0.6) is 11.5 Å². The summed E-state index contributed by atoms with van der Waals surface area (Å²) in [4.78, 5) is 31.9. The molecule has 3 N–H and O–H groups in total. The number of esters is 1. The maximum absolute atomic E-state index is 11.1. The highest BCUT2D eigenvalue weighted by atomic mass is 16.5. The van der Waals surface area contributed by atoms with E-state index < -0.39 is 29.2 Å². The molecule has 0 fully saturated rings. The lowest BCUT2D eigenvalue weighted by Crippen LogP contribution is -2.06. The zero-order valence-corrected chi connectivity index (χ0v) is 8.86. The molecule has 0 amide bonds. The predicted molar refractivity (Wildman–Crippen MR) is 57.5 cm³/mol. The van der Waals surface area contributed by atoms with E-state index in [9.17, 15) is 19.5 Å². The molecule has 0 saturated carbocycles. The van der Waals surface area contributed by atoms with Crippen molar-refractivity contribution in [2.75, 3.05) is 0 Å². The molecule has 1 rings (SSSR count). The lowest BCUT2D eigenvalue weighted by molar-refractivity contribution is -0.133. The van der Waals surface area contributed by atoms with Crippen molar-refractivity contribution >= 4 is 17.9 Å². The molecule has 7 nitrogen and oxygen atoms in total. The molecule has 18 heavy (non-hydrogen) atoms. The van der Waals surface area contributed by atoms with Gasteiger partial charge in [-0.2, -0.15) is 0 Å². The molecule has 94 valence electrons. The number of aromatic hydroxyl groups is 1. The van der Waals surface area contributed by atoms with Gasteiger partial charge in [-0.05, 0) is 18.2 Å². The summed E-state index contributed by atoms with van der Waals surface area (Å²) in [7, 11) is 0. The molecule has 0 aromatic heterocycles. The third-order valence-electron chi connectivity index (χ3n) is 1.78. The number of phenols is 1. The van der Waals surface area contributed by atoms with E-state index in [2.05, 4.69) is 4.74 Å². The molecule has 0 atom stereocenters. The Morgan fingerprint density at radius 1 is 1.11 bits per heavy atom. The number of carbonyl (C=O) groups excluding carboxylic acids is 1. The van der Waals surface area contributed by atoms with Gasteiger partial charge in [-0.25, -0.2) is 14.4 Å². The number of ether oxygens (including phenoxy) is 1. The summed E-state index contributed by atoms with van der Waals surface area (Å²) in [5, 5.41) is 26.2. The van der Waals surface area contributed by atoms with Gasteiger partial charge in [-0.15, -0.1) is 0 Å². The number of hydrogen-bond acceptors (Lipinski definition) is 5. The van der Waals surface area contributed by atoms with Crippen LogP contribution in [0.1, 0.15) is 10.4 Å². The largest absolute Gasteiger partial charge is 0.507 e. The molecule has 0 spiro atoms. The smallest absolute Gasteiger partial charge is 0.339 e. The average Bonchev–Trinajstić information content (AvgIpc) is 2.28. The van der Waals surface area contributed by atoms with Gasteiger partial charge < -0.3 is 20.1 Å². The summed E-state index contributed by atoms with van der Waals surface area (Å²) in [6.07, 6.45) is 1.26. The molecule has 0 saturated heterocycles. The van der Waals surface area contributed by atoms with Crippen LogP contribution in [0.3, 0.4) is 0 Å². The molecule has 0 aliphatic carbocycles. The van der Waals surface area contributed by atoms with Gasteiger partial charge in [0, 0.05) is 12.2 Å². The van der Waals surface area contributed by atoms with Crippen LogP contribution in [-0.4, -0.2) is 33.2 Å². The lowest BCUT2D eigenvalue weighted by Gasteiger charge is -2.04. The van der Waals surface area contributed by atoms with E-state index in [0.717, 1.165) is 12.1 Å². The van der Waals surface area contributed by atoms with Crippen molar-refractivity contribution in [2.45, 2.75) is 0 Å². The number of rotatable bonds is 4. The van der Waals surface area contributed by atoms with Crippen LogP contribution < -0.4 is 4.74 Å². The average molecular weight is 252 g/mol. The van der Waals surface area contributed by atoms with Crippen molar-refractivity contribution < 1.29 is 34.4 Å². The quantitative estimate of drug-likeness (QED) is 0.408. The van der Waals surface area contributed by atoms with E-state index in [0.29, 0.717) is 12.2 Å². The van der Waals surface area contributed by atoms with E-state index in [1.807, 2.05) is 0 Å². The molecule has 0 aliphatic heterocycles. The van der Waals surface area contributed by atoms with Crippen molar-refractivity contribution in [3.05, 3.63) is 35.9 Å². The Morgan fingerprint density at radius 2 is 1.78 bits per heavy atom. The maximum atomic E-state index is 11.1. The Balaban J connectivity index is 2.86. The topological polar surface area (TPSA) is 121 Å². The zero-order chi connectivity index (χ0) is 13.7. The van der Waals surface area contributed by atoms with Gasteiger partial charge in [0.2, 0.25) is 0 Å². The number of aromatic carboxylic acids is 1. The number of hydrogen-bond donors (Lipinski definition) is 3. The molecule has 0 radical (unpaired) electrons. The van der Waals surface area contributed by atoms with Crippen molar-refractivity contribution in [1.29, 1.82) is 0 Å². The molecule has 0 unspecified atom stereocenters. The van der Waals surface area contributed by atoms with Crippen molar-refractivity contribution in [3.63, 3.8) is 0 Å². The van der Waals surface area contributed by atoms with Crippen LogP contribution in [-0.2, 0) is 9.59 Å². The Hall–Kier alpha value is -2.83. The second kappa shape index (κ2) is 5.48. The highest BCUT2D eigenvalue weighted by Gasteiger charge is 2.12. The molecule has 0 heterocycles. The first-order chi connectivity index (χ1) is 8.40. The SMILES string of the molecule is O=C(O)/C=C/C(=O)Oc1ccc(O)c(C(=O)O)c1. The fourth-order valence-electron chi connectivity index (χ4n) is 1.04. The predicted octanol–water partition coefficient (Wildman–Crippen LogP) is 0.637. The van der Waals surface area contributed by atoms with Gasteiger partial charge in [0.05, 0.1) is 0 Å². The monoisotopic (exact) mass is 252 g/mol. The molecule has 0 bridgehead atoms. The van der Waals surface area contributed by atoms with E-state index in [1.54, 1.807) is 0 Å². The van der Waals surface area contributed by atoms with Crippen LogP contribution in [0.4, 0.5) is 0 Å². The second-order valence-corrected chi connectivity index (χ2v) is 3.08. The lowest BCUT2D eigenvalue weighted by atomic mass is 10.2. The molecule has 0 aliphatic rings. The minimum atomic E-state index is -1.38. The van der Waals surface area contributed by atoms with Gasteiger partial charge >= 0.3 is 17.9 Å². The van der Waals surface area contributed by atoms with Gasteiger partial charge in [-0.1, -0.05) is 0 Å². The Labute approximate surface area is 101 Å². The molecular formula is C11H8O7. The molecular weight excluding hydrogens is 244 g/mol. The van der Waals surface area contributed by atoms with Gasteiger partial charge in [0.25, 0.3) is 0 Å². The summed E-state index contributed by atoms with van der Waals surface area (Å²) in [6.45, 7) is 0. The van der Waals surface area contributed by atoms with Crippen molar-refractivity contribution in [2.24, 2.45) is 0 Å². The first kappa shape index (κ1) is 13.2. The van der Waals surface area contributed by atoms with Crippen LogP contribution in [0.25, 0.3) is 0 Å². The Kier molecular flexibility index (Phi) is 4.03. The summed E-state index contributed by atoms with van der Waals surface area (Å²) in [6, 6.07) is 3.17. The highest BCUT2D eigenvalue weighted by Crippen LogP contribution is 2.23. The van der Waals surface area contributed by atoms with Gasteiger partial charge in [0.15, 0.2) is 0 Å². The van der Waals surface area contributed by atoms with Crippen LogP contribution in [0, 0.1) is 0 Å². The minimum absolute atomic E-state index is 0.120. The first-order valence-electron chi connectivity index (χ1n) is 4.59. The number of carboxylic acid groups (broad SMARTS) is 2. The fourth-order valence-corrected chi connectivity index (χ4v) is 1.04. The Bertz CT molecular complexity index is 530. The van der Waals surface area contributed by atoms with Crippen molar-refractivity contribution in [3.8, 4) is 11.5 Å². The normalized spacial score (nSPS) is 10.2. The molecule has 1 aromatic rings. The number of carbonyl (C=O) groups is 3. The summed E-state index contributed by atoms with van der Waals surface area (Å²) in [5.74, 6) is -4.26. The van der Waals surface area contributed by atoms with E-state index >= 15 is 0 Å². The minimum Gasteiger partial charge on any atom is -0.507 e. The summed E-state index contributed by atoms with van der Waals surface area (Å²) < 4.78 is 4.65. The van der Waals surface area contributed by atoms with E-state index in [1.165, 1.54) is 6.07 Å². The van der Waals surface area contributed by atoms with Crippen LogP contribution >= 0.6 is 0 Å². The Morgan fingerprint density at radius 3 is 2.33 bits per heavy atom. The van der Waals surface area contributed by atoms with Gasteiger partial charge in [-0.3, -0.25) is 0 Å². The standard InChI is InChI=1S/C11H8O7/c12-8-2-1-6(5-7(8)11(16)17)18-10(15)4-3-9(13)14/h1-5,12H,(H,13,14)(H,16,17)/b4-3+. The first-order valence-corrected chi connectivity index (χ1v) is 4.59. The fraction of sp³-hybridized carbons (Fsp3) is 0. The van der Waals surface area contributed by atoms with Crippen LogP contribution in [0.15, 0.2) is 30.4 Å². The van der Waals surface area contributed by atoms with Crippen molar-refractivity contribution in [1.82, 2.24) is 0 Å². The zero-order valence-electron chi connectivity index (χ0n) is 8.86. The third-order valence-corrected chi connectivity index (χ3v) is 1.78. The highest BCUT2D eigenvalue weighted by molar-refractivity contribution is 5.93. The van der Waals surface area contributed by atoms with E-state index in [4.69, 9.17) is 10.2 Å². The second-order valence-electron chi connectivity index (χ2n) is 3.08. The summed E-state index contributed by atoms with van der Waals surface area (Å²) in [5.41, 5.74) is -0.428. The summed E-state index contributed by atoms with van der Waals surface area (Å²) >= 11 is 0. The van der Waals surface area contributed by atoms with E-state index in [-0.39, 0.29) is 5.75 Å². The molecule has 1 aromatic carbocycles. The van der Waals surface area contributed by atoms with Crippen LogP contribution in [0.2, 0.25) is 0 Å².